The Hall–Kier alpha value is -2.79. The molecule has 2 heterocycles. The molecule has 1 aromatic carbocycles. The summed E-state index contributed by atoms with van der Waals surface area (Å²) in [6.45, 7) is 1.49. The first-order chi connectivity index (χ1) is 15.6. The second kappa shape index (κ2) is 9.22. The summed E-state index contributed by atoms with van der Waals surface area (Å²) in [4.78, 5) is 4.49. The highest BCUT2D eigenvalue weighted by Crippen LogP contribution is 2.33. The second-order valence-corrected chi connectivity index (χ2v) is 8.67. The highest BCUT2D eigenvalue weighted by molar-refractivity contribution is 5.91. The van der Waals surface area contributed by atoms with Crippen molar-refractivity contribution in [2.75, 3.05) is 11.9 Å². The smallest absolute Gasteiger partial charge is 0.415 e. The number of aryl methyl sites for hydroxylation is 3. The summed E-state index contributed by atoms with van der Waals surface area (Å²) in [5.41, 5.74) is 3.54. The molecule has 0 radical (unpaired) electrons. The third kappa shape index (κ3) is 5.41. The van der Waals surface area contributed by atoms with Gasteiger partial charge in [-0.05, 0) is 32.6 Å². The van der Waals surface area contributed by atoms with Gasteiger partial charge in [0.1, 0.15) is 11.3 Å². The maximum Gasteiger partial charge on any atom is 0.415 e. The minimum atomic E-state index is -4.60. The fourth-order valence-corrected chi connectivity index (χ4v) is 4.10. The number of alkyl halides is 3. The van der Waals surface area contributed by atoms with Crippen molar-refractivity contribution in [1.29, 1.82) is 0 Å². The van der Waals surface area contributed by atoms with Gasteiger partial charge in [-0.3, -0.25) is 4.68 Å². The van der Waals surface area contributed by atoms with Crippen molar-refractivity contribution in [2.45, 2.75) is 57.0 Å². The molecule has 3 aromatic rings. The minimum Gasteiger partial charge on any atom is -0.490 e. The normalized spacial score (nSPS) is 20.2. The van der Waals surface area contributed by atoms with E-state index in [0.29, 0.717) is 37.3 Å². The van der Waals surface area contributed by atoms with Crippen LogP contribution in [0, 0.1) is 6.92 Å². The standard InChI is InChI=1S/C22H29F3N6O2/c1-13-8-20(29-31(13)3)28-17-9-16(10-18-21(17)27-12-30(18)2)33-15-6-4-14(5-7-15)26-11-19(32)22(23,24)25/h8-10,12,14-15,19,26,32H,4-7,11H2,1-3H3,(H,28,29). The van der Waals surface area contributed by atoms with Gasteiger partial charge in [0.25, 0.3) is 0 Å². The summed E-state index contributed by atoms with van der Waals surface area (Å²) in [6, 6.07) is 5.74. The zero-order chi connectivity index (χ0) is 23.8. The Labute approximate surface area is 189 Å². The van der Waals surface area contributed by atoms with Crippen LogP contribution in [0.2, 0.25) is 0 Å². The third-order valence-corrected chi connectivity index (χ3v) is 6.13. The number of hydrogen-bond donors (Lipinski definition) is 3. The van der Waals surface area contributed by atoms with Crippen LogP contribution in [0.4, 0.5) is 24.7 Å². The molecule has 1 unspecified atom stereocenters. The van der Waals surface area contributed by atoms with Crippen LogP contribution < -0.4 is 15.4 Å². The van der Waals surface area contributed by atoms with E-state index in [4.69, 9.17) is 4.74 Å². The van der Waals surface area contributed by atoms with Crippen molar-refractivity contribution in [3.05, 3.63) is 30.2 Å². The Kier molecular flexibility index (Phi) is 6.53. The molecular weight excluding hydrogens is 437 g/mol. The molecule has 180 valence electrons. The number of fused-ring (bicyclic) bond motifs is 1. The molecule has 0 saturated heterocycles. The molecule has 0 aliphatic heterocycles. The van der Waals surface area contributed by atoms with Gasteiger partial charge < -0.3 is 25.0 Å². The molecular formula is C22H29F3N6O2. The van der Waals surface area contributed by atoms with Gasteiger partial charge in [-0.15, -0.1) is 0 Å². The molecule has 2 aromatic heterocycles. The summed E-state index contributed by atoms with van der Waals surface area (Å²) in [7, 11) is 3.80. The number of anilines is 2. The largest absolute Gasteiger partial charge is 0.490 e. The maximum absolute atomic E-state index is 12.5. The molecule has 1 saturated carbocycles. The lowest BCUT2D eigenvalue weighted by atomic mass is 9.93. The fourth-order valence-electron chi connectivity index (χ4n) is 4.10. The molecule has 1 atom stereocenters. The van der Waals surface area contributed by atoms with Crippen molar-refractivity contribution in [3.63, 3.8) is 0 Å². The number of halogens is 3. The number of ether oxygens (including phenoxy) is 1. The number of aliphatic hydroxyl groups is 1. The number of aromatic nitrogens is 4. The van der Waals surface area contributed by atoms with Crippen LogP contribution in [-0.4, -0.2) is 55.4 Å². The first kappa shape index (κ1) is 23.4. The van der Waals surface area contributed by atoms with E-state index in [1.54, 1.807) is 11.0 Å². The summed E-state index contributed by atoms with van der Waals surface area (Å²) in [5, 5.41) is 19.8. The lowest BCUT2D eigenvalue weighted by Crippen LogP contribution is -2.44. The zero-order valence-electron chi connectivity index (χ0n) is 18.9. The Morgan fingerprint density at radius 2 is 1.91 bits per heavy atom. The number of aliphatic hydroxyl groups excluding tert-OH is 1. The first-order valence-corrected chi connectivity index (χ1v) is 11.0. The Balaban J connectivity index is 1.41. The van der Waals surface area contributed by atoms with Crippen LogP contribution in [0.15, 0.2) is 24.5 Å². The van der Waals surface area contributed by atoms with Crippen LogP contribution in [0.3, 0.4) is 0 Å². The first-order valence-electron chi connectivity index (χ1n) is 11.0. The molecule has 11 heteroatoms. The number of nitrogens with one attached hydrogen (secondary N) is 2. The SMILES string of the molecule is Cc1cc(Nc2cc(OC3CCC(NCC(O)C(F)(F)F)CC3)cc3c2ncn3C)nn1C. The minimum absolute atomic E-state index is 0.0359. The number of imidazole rings is 1. The molecule has 1 aliphatic rings. The van der Waals surface area contributed by atoms with Crippen LogP contribution in [0.25, 0.3) is 11.0 Å². The zero-order valence-corrected chi connectivity index (χ0v) is 18.9. The Bertz CT molecular complexity index is 1080. The number of benzene rings is 1. The predicted molar refractivity (Wildman–Crippen MR) is 119 cm³/mol. The van der Waals surface area contributed by atoms with E-state index in [9.17, 15) is 18.3 Å². The lowest BCUT2D eigenvalue weighted by molar-refractivity contribution is -0.202. The third-order valence-electron chi connectivity index (χ3n) is 6.13. The van der Waals surface area contributed by atoms with Crippen molar-refractivity contribution in [3.8, 4) is 5.75 Å². The Morgan fingerprint density at radius 3 is 2.55 bits per heavy atom. The summed E-state index contributed by atoms with van der Waals surface area (Å²) in [5.74, 6) is 1.41. The van der Waals surface area contributed by atoms with Gasteiger partial charge in [-0.2, -0.15) is 18.3 Å². The molecule has 1 fully saturated rings. The van der Waals surface area contributed by atoms with Crippen LogP contribution in [-0.2, 0) is 14.1 Å². The van der Waals surface area contributed by atoms with E-state index in [0.717, 1.165) is 22.4 Å². The predicted octanol–water partition coefficient (Wildman–Crippen LogP) is 3.56. The molecule has 33 heavy (non-hydrogen) atoms. The Morgan fingerprint density at radius 1 is 1.18 bits per heavy atom. The highest BCUT2D eigenvalue weighted by atomic mass is 19.4. The molecule has 4 rings (SSSR count). The van der Waals surface area contributed by atoms with Gasteiger partial charge in [0.15, 0.2) is 11.9 Å². The fraction of sp³-hybridized carbons (Fsp3) is 0.545. The van der Waals surface area contributed by atoms with Gasteiger partial charge >= 0.3 is 6.18 Å². The average molecular weight is 467 g/mol. The topological polar surface area (TPSA) is 89.2 Å². The van der Waals surface area contributed by atoms with Crippen molar-refractivity contribution >= 4 is 22.5 Å². The van der Waals surface area contributed by atoms with Crippen molar-refractivity contribution < 1.29 is 23.0 Å². The van der Waals surface area contributed by atoms with E-state index in [-0.39, 0.29) is 12.1 Å². The molecule has 8 nitrogen and oxygen atoms in total. The van der Waals surface area contributed by atoms with E-state index >= 15 is 0 Å². The van der Waals surface area contributed by atoms with Crippen LogP contribution in [0.1, 0.15) is 31.4 Å². The quantitative estimate of drug-likeness (QED) is 0.494. The maximum atomic E-state index is 12.5. The lowest BCUT2D eigenvalue weighted by Gasteiger charge is -2.30. The number of hydrogen-bond acceptors (Lipinski definition) is 6. The van der Waals surface area contributed by atoms with E-state index in [2.05, 4.69) is 20.7 Å². The van der Waals surface area contributed by atoms with E-state index < -0.39 is 18.8 Å². The van der Waals surface area contributed by atoms with Crippen molar-refractivity contribution in [1.82, 2.24) is 24.6 Å². The number of nitrogens with zero attached hydrogens (tertiary/aromatic N) is 4. The molecule has 0 amide bonds. The molecule has 0 bridgehead atoms. The van der Waals surface area contributed by atoms with Gasteiger partial charge in [0, 0.05) is 50.6 Å². The van der Waals surface area contributed by atoms with Gasteiger partial charge in [0.05, 0.1) is 23.6 Å². The summed E-state index contributed by atoms with van der Waals surface area (Å²) < 4.78 is 47.4. The average Bonchev–Trinajstić information content (AvgIpc) is 3.28. The van der Waals surface area contributed by atoms with Gasteiger partial charge in [-0.25, -0.2) is 4.98 Å². The number of rotatable bonds is 7. The highest BCUT2D eigenvalue weighted by Gasteiger charge is 2.38. The van der Waals surface area contributed by atoms with Crippen molar-refractivity contribution in [2.24, 2.45) is 14.1 Å². The second-order valence-electron chi connectivity index (χ2n) is 8.67. The molecule has 0 spiro atoms. The summed E-state index contributed by atoms with van der Waals surface area (Å²) >= 11 is 0. The van der Waals surface area contributed by atoms with E-state index in [1.807, 2.05) is 43.8 Å². The monoisotopic (exact) mass is 466 g/mol. The van der Waals surface area contributed by atoms with E-state index in [1.165, 1.54) is 0 Å². The molecule has 1 aliphatic carbocycles. The van der Waals surface area contributed by atoms with Crippen LogP contribution in [0.5, 0.6) is 5.75 Å². The molecule has 3 N–H and O–H groups in total. The van der Waals surface area contributed by atoms with Gasteiger partial charge in [0.2, 0.25) is 0 Å². The van der Waals surface area contributed by atoms with Crippen LogP contribution >= 0.6 is 0 Å². The summed E-state index contributed by atoms with van der Waals surface area (Å²) in [6.07, 6.45) is -2.44. The van der Waals surface area contributed by atoms with Gasteiger partial charge in [-0.1, -0.05) is 0 Å².